The molecule has 0 aliphatic carbocycles. The fourth-order valence-electron chi connectivity index (χ4n) is 2.30. The topological polar surface area (TPSA) is 102 Å². The fraction of sp³-hybridized carbons (Fsp3) is 0.867. The van der Waals surface area contributed by atoms with E-state index in [0.717, 1.165) is 0 Å². The molecule has 0 bridgehead atoms. The Balaban J connectivity index is 2.86. The molecule has 0 spiro atoms. The van der Waals surface area contributed by atoms with Gasteiger partial charge < -0.3 is 25.2 Å². The summed E-state index contributed by atoms with van der Waals surface area (Å²) >= 11 is 0. The Hall–Kier alpha value is -1.34. The molecule has 1 aliphatic rings. The van der Waals surface area contributed by atoms with Crippen molar-refractivity contribution in [2.24, 2.45) is 11.7 Å². The van der Waals surface area contributed by atoms with E-state index in [1.165, 1.54) is 4.90 Å². The molecule has 1 saturated heterocycles. The van der Waals surface area contributed by atoms with Gasteiger partial charge in [-0.1, -0.05) is 0 Å². The fourth-order valence-corrected chi connectivity index (χ4v) is 2.30. The van der Waals surface area contributed by atoms with Gasteiger partial charge in [-0.25, -0.2) is 4.79 Å². The Labute approximate surface area is 131 Å². The van der Waals surface area contributed by atoms with Crippen molar-refractivity contribution in [3.8, 4) is 0 Å². The van der Waals surface area contributed by atoms with Crippen LogP contribution in [0.2, 0.25) is 0 Å². The summed E-state index contributed by atoms with van der Waals surface area (Å²) in [5.74, 6) is -1.36. The third-order valence-electron chi connectivity index (χ3n) is 3.18. The number of ether oxygens (including phenoxy) is 2. The summed E-state index contributed by atoms with van der Waals surface area (Å²) < 4.78 is 10.6. The third-order valence-corrected chi connectivity index (χ3v) is 3.18. The Morgan fingerprint density at radius 3 is 2.05 bits per heavy atom. The number of carbonyl (C=O) groups is 2. The average molecular weight is 316 g/mol. The second-order valence-corrected chi connectivity index (χ2v) is 7.57. The van der Waals surface area contributed by atoms with Gasteiger partial charge in [0.05, 0.1) is 12.1 Å². The second-order valence-electron chi connectivity index (χ2n) is 7.57. The van der Waals surface area contributed by atoms with Crippen LogP contribution in [0.5, 0.6) is 0 Å². The number of hydrogen-bond acceptors (Lipinski definition) is 6. The summed E-state index contributed by atoms with van der Waals surface area (Å²) in [5.41, 5.74) is 4.32. The minimum absolute atomic E-state index is 0.0346. The van der Waals surface area contributed by atoms with E-state index in [-0.39, 0.29) is 13.1 Å². The second kappa shape index (κ2) is 6.42. The van der Waals surface area contributed by atoms with E-state index in [9.17, 15) is 14.7 Å². The highest BCUT2D eigenvalue weighted by molar-refractivity contribution is 5.77. The van der Waals surface area contributed by atoms with Crippen molar-refractivity contribution in [1.82, 2.24) is 4.90 Å². The summed E-state index contributed by atoms with van der Waals surface area (Å²) in [5, 5.41) is 10.3. The van der Waals surface area contributed by atoms with Gasteiger partial charge in [0.2, 0.25) is 0 Å². The monoisotopic (exact) mass is 316 g/mol. The van der Waals surface area contributed by atoms with E-state index in [4.69, 9.17) is 15.2 Å². The Kier molecular flexibility index (Phi) is 5.46. The van der Waals surface area contributed by atoms with Gasteiger partial charge >= 0.3 is 12.1 Å². The summed E-state index contributed by atoms with van der Waals surface area (Å²) in [6, 6.07) is -0.660. The lowest BCUT2D eigenvalue weighted by molar-refractivity contribution is -0.162. The predicted octanol–water partition coefficient (Wildman–Crippen LogP) is 0.883. The van der Waals surface area contributed by atoms with Crippen LogP contribution in [0.1, 0.15) is 41.5 Å². The van der Waals surface area contributed by atoms with Crippen molar-refractivity contribution in [2.75, 3.05) is 13.1 Å². The van der Waals surface area contributed by atoms with E-state index < -0.39 is 41.3 Å². The lowest BCUT2D eigenvalue weighted by atomic mass is 10.0. The van der Waals surface area contributed by atoms with Crippen LogP contribution in [-0.4, -0.2) is 58.5 Å². The van der Waals surface area contributed by atoms with Crippen LogP contribution in [0.25, 0.3) is 0 Å². The van der Waals surface area contributed by atoms with Gasteiger partial charge in [0, 0.05) is 13.1 Å². The highest BCUT2D eigenvalue weighted by Crippen LogP contribution is 2.27. The lowest BCUT2D eigenvalue weighted by Crippen LogP contribution is -2.46. The van der Waals surface area contributed by atoms with Gasteiger partial charge in [0.25, 0.3) is 0 Å². The van der Waals surface area contributed by atoms with Crippen molar-refractivity contribution >= 4 is 12.1 Å². The smallest absolute Gasteiger partial charge is 0.410 e. The molecule has 1 fully saturated rings. The van der Waals surface area contributed by atoms with Crippen molar-refractivity contribution in [1.29, 1.82) is 0 Å². The quantitative estimate of drug-likeness (QED) is 0.733. The molecule has 7 heteroatoms. The lowest BCUT2D eigenvalue weighted by Gasteiger charge is -2.28. The summed E-state index contributed by atoms with van der Waals surface area (Å²) in [6.45, 7) is 10.6. The zero-order chi connectivity index (χ0) is 17.3. The molecule has 1 heterocycles. The largest absolute Gasteiger partial charge is 0.460 e. The molecular weight excluding hydrogens is 288 g/mol. The summed E-state index contributed by atoms with van der Waals surface area (Å²) in [7, 11) is 0. The molecule has 128 valence electrons. The Morgan fingerprint density at radius 1 is 1.14 bits per heavy atom. The van der Waals surface area contributed by atoms with E-state index in [0.29, 0.717) is 0 Å². The van der Waals surface area contributed by atoms with Gasteiger partial charge in [-0.05, 0) is 41.5 Å². The number of nitrogens with zero attached hydrogens (tertiary/aromatic N) is 1. The Bertz CT molecular complexity index is 425. The van der Waals surface area contributed by atoms with E-state index in [1.807, 2.05) is 0 Å². The van der Waals surface area contributed by atoms with Crippen molar-refractivity contribution in [3.05, 3.63) is 0 Å². The zero-order valence-electron chi connectivity index (χ0n) is 14.3. The number of carbonyl (C=O) groups excluding carboxylic acids is 2. The molecule has 0 saturated carbocycles. The molecule has 0 radical (unpaired) electrons. The molecular formula is C15H28N2O5. The highest BCUT2D eigenvalue weighted by atomic mass is 16.6. The standard InChI is InChI=1S/C15H28N2O5/c1-14(2,3)21-12(19)9-8-17(10(7-16)11(9)18)13(20)22-15(4,5)6/h9-11,18H,7-8,16H2,1-6H3/t9-,10-,11+/m1/s1. The van der Waals surface area contributed by atoms with Gasteiger partial charge in [-0.2, -0.15) is 0 Å². The van der Waals surface area contributed by atoms with Crippen LogP contribution >= 0.6 is 0 Å². The molecule has 7 nitrogen and oxygen atoms in total. The van der Waals surface area contributed by atoms with Crippen molar-refractivity contribution in [3.63, 3.8) is 0 Å². The molecule has 0 unspecified atom stereocenters. The maximum absolute atomic E-state index is 12.2. The number of esters is 1. The van der Waals surface area contributed by atoms with Gasteiger partial charge in [0.1, 0.15) is 17.1 Å². The maximum Gasteiger partial charge on any atom is 0.410 e. The minimum atomic E-state index is -1.06. The number of rotatable bonds is 2. The van der Waals surface area contributed by atoms with Gasteiger partial charge in [-0.3, -0.25) is 4.79 Å². The first-order valence-corrected chi connectivity index (χ1v) is 7.46. The third kappa shape index (κ3) is 4.84. The molecule has 3 N–H and O–H groups in total. The summed E-state index contributed by atoms with van der Waals surface area (Å²) in [4.78, 5) is 25.7. The summed E-state index contributed by atoms with van der Waals surface area (Å²) in [6.07, 6.45) is -1.65. The number of aliphatic hydroxyl groups excluding tert-OH is 1. The minimum Gasteiger partial charge on any atom is -0.460 e. The SMILES string of the molecule is CC(C)(C)OC(=O)[C@@H]1CN(C(=O)OC(C)(C)C)[C@H](CN)[C@H]1O. The Morgan fingerprint density at radius 2 is 1.64 bits per heavy atom. The zero-order valence-corrected chi connectivity index (χ0v) is 14.3. The first-order valence-electron chi connectivity index (χ1n) is 7.46. The molecule has 1 rings (SSSR count). The molecule has 22 heavy (non-hydrogen) atoms. The van der Waals surface area contributed by atoms with Crippen molar-refractivity contribution in [2.45, 2.75) is 64.9 Å². The molecule has 1 amide bonds. The maximum atomic E-state index is 12.2. The molecule has 0 aromatic rings. The van der Waals surface area contributed by atoms with Gasteiger partial charge in [-0.15, -0.1) is 0 Å². The number of aliphatic hydroxyl groups is 1. The van der Waals surface area contributed by atoms with Crippen molar-refractivity contribution < 1.29 is 24.2 Å². The number of nitrogens with two attached hydrogens (primary N) is 1. The van der Waals surface area contributed by atoms with Crippen LogP contribution in [0, 0.1) is 5.92 Å². The van der Waals surface area contributed by atoms with Gasteiger partial charge in [0.15, 0.2) is 0 Å². The first kappa shape index (κ1) is 18.7. The predicted molar refractivity (Wildman–Crippen MR) is 81.1 cm³/mol. The van der Waals surface area contributed by atoms with Crippen LogP contribution in [-0.2, 0) is 14.3 Å². The van der Waals surface area contributed by atoms with E-state index in [1.54, 1.807) is 41.5 Å². The average Bonchev–Trinajstić information content (AvgIpc) is 2.61. The van der Waals surface area contributed by atoms with Crippen LogP contribution < -0.4 is 5.73 Å². The van der Waals surface area contributed by atoms with E-state index >= 15 is 0 Å². The molecule has 0 aromatic heterocycles. The number of hydrogen-bond donors (Lipinski definition) is 2. The van der Waals surface area contributed by atoms with E-state index in [2.05, 4.69) is 0 Å². The van der Waals surface area contributed by atoms with Crippen LogP contribution in [0.4, 0.5) is 4.79 Å². The van der Waals surface area contributed by atoms with Crippen LogP contribution in [0.15, 0.2) is 0 Å². The first-order chi connectivity index (χ1) is 9.85. The molecule has 3 atom stereocenters. The van der Waals surface area contributed by atoms with Crippen LogP contribution in [0.3, 0.4) is 0 Å². The molecule has 0 aromatic carbocycles. The molecule has 1 aliphatic heterocycles. The highest BCUT2D eigenvalue weighted by Gasteiger charge is 2.48. The number of amides is 1. The normalized spacial score (nSPS) is 26.0. The number of likely N-dealkylation sites (tertiary alicyclic amines) is 1.